The average molecular weight is 248 g/mol. The van der Waals surface area contributed by atoms with E-state index in [9.17, 15) is 0 Å². The van der Waals surface area contributed by atoms with E-state index in [1.54, 1.807) is 14.2 Å². The van der Waals surface area contributed by atoms with Gasteiger partial charge in [-0.1, -0.05) is 13.8 Å². The molecule has 0 spiro atoms. The molecule has 0 fully saturated rings. The summed E-state index contributed by atoms with van der Waals surface area (Å²) in [6.07, 6.45) is 2.04. The molecule has 4 heteroatoms. The fraction of sp³-hybridized carbons (Fsp3) is 1.00. The van der Waals surface area contributed by atoms with E-state index in [0.717, 1.165) is 26.1 Å². The van der Waals surface area contributed by atoms with E-state index in [2.05, 4.69) is 13.8 Å². The van der Waals surface area contributed by atoms with Gasteiger partial charge in [0, 0.05) is 27.4 Å². The SMILES string of the molecule is CCCOCC(COC)(COC)COCCC. The first-order chi connectivity index (χ1) is 8.24. The second kappa shape index (κ2) is 11.0. The lowest BCUT2D eigenvalue weighted by molar-refractivity contribution is -0.0924. The van der Waals surface area contributed by atoms with Gasteiger partial charge in [-0.3, -0.25) is 0 Å². The standard InChI is InChI=1S/C13H28O4/c1-5-7-16-11-13(9-14-3,10-15-4)12-17-8-6-2/h5-12H2,1-4H3. The third kappa shape index (κ3) is 7.71. The van der Waals surface area contributed by atoms with Crippen molar-refractivity contribution in [3.63, 3.8) is 0 Å². The molecule has 0 aromatic heterocycles. The van der Waals surface area contributed by atoms with Gasteiger partial charge in [-0.25, -0.2) is 0 Å². The van der Waals surface area contributed by atoms with Gasteiger partial charge in [-0.05, 0) is 12.8 Å². The Morgan fingerprint density at radius 2 is 1.12 bits per heavy atom. The van der Waals surface area contributed by atoms with Crippen LogP contribution in [0.1, 0.15) is 26.7 Å². The molecule has 104 valence electrons. The Hall–Kier alpha value is -0.160. The molecule has 0 aliphatic carbocycles. The quantitative estimate of drug-likeness (QED) is 0.496. The molecule has 0 N–H and O–H groups in total. The van der Waals surface area contributed by atoms with Crippen molar-refractivity contribution in [2.45, 2.75) is 26.7 Å². The summed E-state index contributed by atoms with van der Waals surface area (Å²) in [4.78, 5) is 0. The zero-order valence-electron chi connectivity index (χ0n) is 11.8. The van der Waals surface area contributed by atoms with Crippen molar-refractivity contribution in [1.29, 1.82) is 0 Å². The zero-order chi connectivity index (χ0) is 13.0. The lowest BCUT2D eigenvalue weighted by atomic mass is 9.92. The smallest absolute Gasteiger partial charge is 0.0637 e. The first-order valence-corrected chi connectivity index (χ1v) is 6.38. The van der Waals surface area contributed by atoms with Crippen LogP contribution in [-0.2, 0) is 18.9 Å². The highest BCUT2D eigenvalue weighted by Crippen LogP contribution is 2.20. The molecule has 0 aliphatic heterocycles. The largest absolute Gasteiger partial charge is 0.384 e. The van der Waals surface area contributed by atoms with E-state index in [0.29, 0.717) is 26.4 Å². The van der Waals surface area contributed by atoms with Crippen LogP contribution in [0.3, 0.4) is 0 Å². The van der Waals surface area contributed by atoms with Crippen LogP contribution < -0.4 is 0 Å². The zero-order valence-corrected chi connectivity index (χ0v) is 11.8. The van der Waals surface area contributed by atoms with Gasteiger partial charge in [0.2, 0.25) is 0 Å². The van der Waals surface area contributed by atoms with Crippen molar-refractivity contribution in [2.24, 2.45) is 5.41 Å². The van der Waals surface area contributed by atoms with Gasteiger partial charge in [0.1, 0.15) is 0 Å². The van der Waals surface area contributed by atoms with Crippen LogP contribution in [0.25, 0.3) is 0 Å². The summed E-state index contributed by atoms with van der Waals surface area (Å²) in [5, 5.41) is 0. The van der Waals surface area contributed by atoms with Gasteiger partial charge in [0.15, 0.2) is 0 Å². The van der Waals surface area contributed by atoms with E-state index >= 15 is 0 Å². The van der Waals surface area contributed by atoms with Crippen molar-refractivity contribution in [2.75, 3.05) is 53.9 Å². The van der Waals surface area contributed by atoms with Gasteiger partial charge < -0.3 is 18.9 Å². The Bertz CT molecular complexity index is 143. The predicted molar refractivity (Wildman–Crippen MR) is 68.4 cm³/mol. The highest BCUT2D eigenvalue weighted by molar-refractivity contribution is 4.79. The molecular weight excluding hydrogens is 220 g/mol. The summed E-state index contributed by atoms with van der Waals surface area (Å²) < 4.78 is 21.9. The lowest BCUT2D eigenvalue weighted by Gasteiger charge is -2.31. The first-order valence-electron chi connectivity index (χ1n) is 6.38. The third-order valence-corrected chi connectivity index (χ3v) is 2.41. The highest BCUT2D eigenvalue weighted by Gasteiger charge is 2.31. The normalized spacial score (nSPS) is 12.0. The monoisotopic (exact) mass is 248 g/mol. The second-order valence-electron chi connectivity index (χ2n) is 4.47. The summed E-state index contributed by atoms with van der Waals surface area (Å²) in [5.41, 5.74) is -0.187. The Labute approximate surface area is 106 Å². The van der Waals surface area contributed by atoms with Gasteiger partial charge in [-0.15, -0.1) is 0 Å². The molecule has 0 rings (SSSR count). The predicted octanol–water partition coefficient (Wildman–Crippen LogP) is 2.12. The van der Waals surface area contributed by atoms with Crippen LogP contribution >= 0.6 is 0 Å². The van der Waals surface area contributed by atoms with Crippen molar-refractivity contribution >= 4 is 0 Å². The van der Waals surface area contributed by atoms with Crippen LogP contribution in [0.15, 0.2) is 0 Å². The highest BCUT2D eigenvalue weighted by atomic mass is 16.5. The lowest BCUT2D eigenvalue weighted by Crippen LogP contribution is -2.41. The van der Waals surface area contributed by atoms with Crippen LogP contribution in [0, 0.1) is 5.41 Å². The van der Waals surface area contributed by atoms with Crippen LogP contribution in [0.2, 0.25) is 0 Å². The van der Waals surface area contributed by atoms with Crippen molar-refractivity contribution in [1.82, 2.24) is 0 Å². The van der Waals surface area contributed by atoms with Crippen molar-refractivity contribution in [3.8, 4) is 0 Å². The minimum Gasteiger partial charge on any atom is -0.384 e. The molecule has 17 heavy (non-hydrogen) atoms. The molecular formula is C13H28O4. The molecule has 0 radical (unpaired) electrons. The molecule has 0 saturated carbocycles. The number of hydrogen-bond acceptors (Lipinski definition) is 4. The number of ether oxygens (including phenoxy) is 4. The average Bonchev–Trinajstić information content (AvgIpc) is 2.30. The van der Waals surface area contributed by atoms with Crippen LogP contribution in [0.5, 0.6) is 0 Å². The minimum absolute atomic E-state index is 0.187. The Morgan fingerprint density at radius 1 is 0.706 bits per heavy atom. The minimum atomic E-state index is -0.187. The molecule has 0 atom stereocenters. The second-order valence-corrected chi connectivity index (χ2v) is 4.47. The summed E-state index contributed by atoms with van der Waals surface area (Å²) in [6, 6.07) is 0. The maximum Gasteiger partial charge on any atom is 0.0637 e. The molecule has 0 saturated heterocycles. The molecule has 0 aliphatic rings. The van der Waals surface area contributed by atoms with Crippen LogP contribution in [-0.4, -0.2) is 53.9 Å². The molecule has 0 bridgehead atoms. The van der Waals surface area contributed by atoms with Crippen molar-refractivity contribution in [3.05, 3.63) is 0 Å². The van der Waals surface area contributed by atoms with Gasteiger partial charge in [-0.2, -0.15) is 0 Å². The fourth-order valence-electron chi connectivity index (χ4n) is 1.73. The molecule has 0 aromatic carbocycles. The van der Waals surface area contributed by atoms with Gasteiger partial charge in [0.05, 0.1) is 31.8 Å². The molecule has 0 unspecified atom stereocenters. The van der Waals surface area contributed by atoms with Gasteiger partial charge >= 0.3 is 0 Å². The number of methoxy groups -OCH3 is 2. The van der Waals surface area contributed by atoms with E-state index < -0.39 is 0 Å². The summed E-state index contributed by atoms with van der Waals surface area (Å²) in [6.45, 7) is 8.15. The fourth-order valence-corrected chi connectivity index (χ4v) is 1.73. The Morgan fingerprint density at radius 3 is 1.41 bits per heavy atom. The topological polar surface area (TPSA) is 36.9 Å². The maximum atomic E-state index is 5.64. The third-order valence-electron chi connectivity index (χ3n) is 2.41. The summed E-state index contributed by atoms with van der Waals surface area (Å²) in [7, 11) is 3.40. The van der Waals surface area contributed by atoms with E-state index in [-0.39, 0.29) is 5.41 Å². The Kier molecular flexibility index (Phi) is 10.9. The number of rotatable bonds is 12. The summed E-state index contributed by atoms with van der Waals surface area (Å²) >= 11 is 0. The number of hydrogen-bond donors (Lipinski definition) is 0. The summed E-state index contributed by atoms with van der Waals surface area (Å²) in [5.74, 6) is 0. The van der Waals surface area contributed by atoms with Gasteiger partial charge in [0.25, 0.3) is 0 Å². The molecule has 0 heterocycles. The van der Waals surface area contributed by atoms with Crippen LogP contribution in [0.4, 0.5) is 0 Å². The first kappa shape index (κ1) is 16.8. The van der Waals surface area contributed by atoms with Crippen molar-refractivity contribution < 1.29 is 18.9 Å². The maximum absolute atomic E-state index is 5.64. The molecule has 4 nitrogen and oxygen atoms in total. The molecule has 0 aromatic rings. The van der Waals surface area contributed by atoms with E-state index in [4.69, 9.17) is 18.9 Å². The van der Waals surface area contributed by atoms with E-state index in [1.807, 2.05) is 0 Å². The van der Waals surface area contributed by atoms with E-state index in [1.165, 1.54) is 0 Å². The Balaban J connectivity index is 4.25. The molecule has 0 amide bonds.